The van der Waals surface area contributed by atoms with Gasteiger partial charge in [0.1, 0.15) is 24.4 Å². The number of fused-ring (bicyclic) bond motifs is 2. The van der Waals surface area contributed by atoms with Gasteiger partial charge in [0.25, 0.3) is 5.91 Å². The van der Waals surface area contributed by atoms with Gasteiger partial charge in [0.2, 0.25) is 0 Å². The Morgan fingerprint density at radius 3 is 2.76 bits per heavy atom. The van der Waals surface area contributed by atoms with Crippen LogP contribution < -0.4 is 0 Å². The molecule has 0 spiro atoms. The van der Waals surface area contributed by atoms with Crippen molar-refractivity contribution in [2.75, 3.05) is 26.3 Å². The molecule has 0 atom stereocenters. The van der Waals surface area contributed by atoms with Crippen LogP contribution in [0.2, 0.25) is 0 Å². The van der Waals surface area contributed by atoms with Crippen molar-refractivity contribution in [2.45, 2.75) is 19.1 Å². The quantitative estimate of drug-likeness (QED) is 0.437. The summed E-state index contributed by atoms with van der Waals surface area (Å²) in [5.74, 6) is -0.799. The van der Waals surface area contributed by atoms with E-state index in [9.17, 15) is 22.4 Å². The number of pyridine rings is 1. The molecule has 5 rings (SSSR count). The second-order valence-corrected chi connectivity index (χ2v) is 7.69. The number of halogens is 4. The molecule has 1 amide bonds. The number of amides is 1. The van der Waals surface area contributed by atoms with Gasteiger partial charge in [-0.25, -0.2) is 9.37 Å². The average Bonchev–Trinajstić information content (AvgIpc) is 3.20. The lowest BCUT2D eigenvalue weighted by Crippen LogP contribution is -2.33. The Balaban J connectivity index is 1.63. The van der Waals surface area contributed by atoms with Crippen LogP contribution in [0.5, 0.6) is 0 Å². The SMILES string of the molecule is O=C(c1cc2c(cn1)c(-n1cnc3ccc(F)cc31)nn2CC(F)(F)F)N1CCCOCC1. The van der Waals surface area contributed by atoms with Gasteiger partial charge in [-0.3, -0.25) is 19.0 Å². The zero-order valence-electron chi connectivity index (χ0n) is 17.2. The van der Waals surface area contributed by atoms with Crippen LogP contribution in [0, 0.1) is 5.82 Å². The fraction of sp³-hybridized carbons (Fsp3) is 0.333. The number of hydrogen-bond acceptors (Lipinski definition) is 5. The average molecular weight is 462 g/mol. The van der Waals surface area contributed by atoms with Gasteiger partial charge in [-0.15, -0.1) is 0 Å². The number of ether oxygens (including phenoxy) is 1. The monoisotopic (exact) mass is 462 g/mol. The maximum absolute atomic E-state index is 13.8. The summed E-state index contributed by atoms with van der Waals surface area (Å²) >= 11 is 0. The van der Waals surface area contributed by atoms with Crippen molar-refractivity contribution in [3.8, 4) is 5.82 Å². The third-order valence-corrected chi connectivity index (χ3v) is 5.41. The van der Waals surface area contributed by atoms with Crippen LogP contribution in [-0.2, 0) is 11.3 Å². The molecule has 3 aromatic heterocycles. The Hall–Kier alpha value is -3.54. The Morgan fingerprint density at radius 1 is 1.09 bits per heavy atom. The maximum atomic E-state index is 13.8. The lowest BCUT2D eigenvalue weighted by atomic mass is 10.2. The number of carbonyl (C=O) groups is 1. The molecule has 0 radical (unpaired) electrons. The van der Waals surface area contributed by atoms with Gasteiger partial charge in [-0.1, -0.05) is 0 Å². The Labute approximate surface area is 184 Å². The van der Waals surface area contributed by atoms with Gasteiger partial charge in [0.05, 0.1) is 28.5 Å². The van der Waals surface area contributed by atoms with Crippen LogP contribution in [0.25, 0.3) is 27.8 Å². The van der Waals surface area contributed by atoms with Crippen LogP contribution in [0.1, 0.15) is 16.9 Å². The van der Waals surface area contributed by atoms with Crippen molar-refractivity contribution in [1.82, 2.24) is 29.2 Å². The molecule has 1 aliphatic rings. The van der Waals surface area contributed by atoms with Crippen molar-refractivity contribution < 1.29 is 27.1 Å². The van der Waals surface area contributed by atoms with Gasteiger partial charge in [0.15, 0.2) is 5.82 Å². The number of aromatic nitrogens is 5. The van der Waals surface area contributed by atoms with Crippen LogP contribution >= 0.6 is 0 Å². The van der Waals surface area contributed by atoms with E-state index in [1.165, 1.54) is 41.4 Å². The molecule has 1 saturated heterocycles. The zero-order chi connectivity index (χ0) is 23.2. The first-order chi connectivity index (χ1) is 15.8. The van der Waals surface area contributed by atoms with E-state index in [1.54, 1.807) is 4.90 Å². The summed E-state index contributed by atoms with van der Waals surface area (Å²) < 4.78 is 61.2. The highest BCUT2D eigenvalue weighted by Gasteiger charge is 2.31. The molecule has 1 fully saturated rings. The first kappa shape index (κ1) is 21.3. The fourth-order valence-corrected chi connectivity index (χ4v) is 3.90. The Morgan fingerprint density at radius 2 is 1.94 bits per heavy atom. The van der Waals surface area contributed by atoms with E-state index < -0.39 is 18.5 Å². The van der Waals surface area contributed by atoms with E-state index in [4.69, 9.17) is 4.74 Å². The molecule has 1 aromatic carbocycles. The minimum Gasteiger partial charge on any atom is -0.380 e. The second kappa shape index (κ2) is 8.10. The van der Waals surface area contributed by atoms with Crippen LogP contribution in [-0.4, -0.2) is 67.6 Å². The number of nitrogens with zero attached hydrogens (tertiary/aromatic N) is 6. The van der Waals surface area contributed by atoms with Gasteiger partial charge >= 0.3 is 6.18 Å². The summed E-state index contributed by atoms with van der Waals surface area (Å²) in [6, 6.07) is 5.25. The summed E-state index contributed by atoms with van der Waals surface area (Å²) in [5.41, 5.74) is 0.905. The molecule has 4 aromatic rings. The number of hydrogen-bond donors (Lipinski definition) is 0. The predicted molar refractivity (Wildman–Crippen MR) is 110 cm³/mol. The molecule has 0 N–H and O–H groups in total. The number of alkyl halides is 3. The highest BCUT2D eigenvalue weighted by atomic mass is 19.4. The zero-order valence-corrected chi connectivity index (χ0v) is 17.2. The summed E-state index contributed by atoms with van der Waals surface area (Å²) in [5, 5.41) is 4.41. The van der Waals surface area contributed by atoms with E-state index >= 15 is 0 Å². The fourth-order valence-electron chi connectivity index (χ4n) is 3.90. The molecule has 4 heterocycles. The lowest BCUT2D eigenvalue weighted by Gasteiger charge is -2.19. The normalized spacial score (nSPS) is 15.3. The molecule has 172 valence electrons. The summed E-state index contributed by atoms with van der Waals surface area (Å²) in [6.07, 6.45) is -1.21. The molecular weight excluding hydrogens is 444 g/mol. The summed E-state index contributed by atoms with van der Waals surface area (Å²) in [4.78, 5) is 22.9. The number of carbonyl (C=O) groups excluding carboxylic acids is 1. The van der Waals surface area contributed by atoms with Crippen molar-refractivity contribution in [3.05, 3.63) is 48.3 Å². The maximum Gasteiger partial charge on any atom is 0.408 e. The molecule has 8 nitrogen and oxygen atoms in total. The van der Waals surface area contributed by atoms with E-state index in [2.05, 4.69) is 15.1 Å². The minimum absolute atomic E-state index is 0.0146. The smallest absolute Gasteiger partial charge is 0.380 e. The van der Waals surface area contributed by atoms with Gasteiger partial charge in [-0.05, 0) is 24.6 Å². The summed E-state index contributed by atoms with van der Waals surface area (Å²) in [6.45, 7) is 0.405. The van der Waals surface area contributed by atoms with E-state index in [0.29, 0.717) is 43.8 Å². The molecule has 0 saturated carbocycles. The molecule has 33 heavy (non-hydrogen) atoms. The second-order valence-electron chi connectivity index (χ2n) is 7.69. The molecule has 0 aliphatic carbocycles. The van der Waals surface area contributed by atoms with Crippen LogP contribution in [0.4, 0.5) is 17.6 Å². The van der Waals surface area contributed by atoms with E-state index in [1.807, 2.05) is 0 Å². The first-order valence-corrected chi connectivity index (χ1v) is 10.2. The number of benzene rings is 1. The van der Waals surface area contributed by atoms with Crippen LogP contribution in [0.15, 0.2) is 36.8 Å². The molecular formula is C21H18F4N6O2. The molecule has 12 heteroatoms. The Bertz CT molecular complexity index is 1340. The van der Waals surface area contributed by atoms with E-state index in [0.717, 1.165) is 4.68 Å². The number of imidazole rings is 1. The van der Waals surface area contributed by atoms with Crippen molar-refractivity contribution >= 4 is 27.8 Å². The van der Waals surface area contributed by atoms with Crippen LogP contribution in [0.3, 0.4) is 0 Å². The lowest BCUT2D eigenvalue weighted by molar-refractivity contribution is -0.141. The molecule has 1 aliphatic heterocycles. The van der Waals surface area contributed by atoms with Gasteiger partial charge in [0, 0.05) is 32.0 Å². The topological polar surface area (TPSA) is 78.1 Å². The third kappa shape index (κ3) is 4.13. The highest BCUT2D eigenvalue weighted by Crippen LogP contribution is 2.28. The highest BCUT2D eigenvalue weighted by molar-refractivity contribution is 5.97. The summed E-state index contributed by atoms with van der Waals surface area (Å²) in [7, 11) is 0. The van der Waals surface area contributed by atoms with Crippen molar-refractivity contribution in [3.63, 3.8) is 0 Å². The first-order valence-electron chi connectivity index (χ1n) is 10.2. The molecule has 0 unspecified atom stereocenters. The standard InChI is InChI=1S/C21H18F4N6O2/c22-13-2-3-15-18(8-13)30(12-27-15)19-14-10-26-16(20(32)29-4-1-6-33-7-5-29)9-17(14)31(28-19)11-21(23,24)25/h2-3,8-10,12H,1,4-7,11H2. The molecule has 0 bridgehead atoms. The van der Waals surface area contributed by atoms with Crippen molar-refractivity contribution in [1.29, 1.82) is 0 Å². The third-order valence-electron chi connectivity index (χ3n) is 5.41. The van der Waals surface area contributed by atoms with E-state index in [-0.39, 0.29) is 28.3 Å². The largest absolute Gasteiger partial charge is 0.408 e. The number of rotatable bonds is 3. The van der Waals surface area contributed by atoms with Crippen molar-refractivity contribution in [2.24, 2.45) is 0 Å². The van der Waals surface area contributed by atoms with Gasteiger partial charge in [-0.2, -0.15) is 18.3 Å². The van der Waals surface area contributed by atoms with Gasteiger partial charge < -0.3 is 9.64 Å². The Kier molecular flexibility index (Phi) is 5.23. The predicted octanol–water partition coefficient (Wildman–Crippen LogP) is 3.33. The minimum atomic E-state index is -4.55.